The Kier molecular flexibility index (Phi) is 6.01. The molecule has 1 saturated heterocycles. The summed E-state index contributed by atoms with van der Waals surface area (Å²) < 4.78 is 0. The molecular formula is C32H31N3O2. The fourth-order valence-corrected chi connectivity index (χ4v) is 6.12. The van der Waals surface area contributed by atoms with E-state index in [9.17, 15) is 9.59 Å². The van der Waals surface area contributed by atoms with Gasteiger partial charge in [0, 0.05) is 48.4 Å². The van der Waals surface area contributed by atoms with Crippen LogP contribution in [0.25, 0.3) is 33.0 Å². The Balaban J connectivity index is 1.82. The second-order valence-electron chi connectivity index (χ2n) is 9.93. The van der Waals surface area contributed by atoms with Crippen LogP contribution in [-0.4, -0.2) is 37.9 Å². The topological polar surface area (TPSA) is 75.4 Å². The smallest absolute Gasteiger partial charge is 0.251 e. The molecule has 6 rings (SSSR count). The molecule has 5 heteroatoms. The molecular weight excluding hydrogens is 458 g/mol. The molecule has 5 nitrogen and oxygen atoms in total. The van der Waals surface area contributed by atoms with Crippen LogP contribution in [0.15, 0.2) is 66.7 Å². The molecule has 4 aromatic rings. The van der Waals surface area contributed by atoms with Crippen molar-refractivity contribution in [3.8, 4) is 22.3 Å². The van der Waals surface area contributed by atoms with Crippen molar-refractivity contribution in [2.24, 2.45) is 5.73 Å². The maximum Gasteiger partial charge on any atom is 0.251 e. The highest BCUT2D eigenvalue weighted by atomic mass is 16.1. The van der Waals surface area contributed by atoms with Crippen LogP contribution in [0.3, 0.4) is 0 Å². The number of nitrogens with two attached hydrogens (primary N) is 1. The summed E-state index contributed by atoms with van der Waals surface area (Å²) >= 11 is 0. The predicted octanol–water partition coefficient (Wildman–Crippen LogP) is 5.57. The minimum absolute atomic E-state index is 0.00690. The second-order valence-corrected chi connectivity index (χ2v) is 9.93. The first-order valence-corrected chi connectivity index (χ1v) is 13.2. The molecule has 1 aliphatic heterocycles. The van der Waals surface area contributed by atoms with E-state index < -0.39 is 5.91 Å². The van der Waals surface area contributed by atoms with Crippen LogP contribution in [0, 0.1) is 0 Å². The number of hydrogen-bond donors (Lipinski definition) is 2. The van der Waals surface area contributed by atoms with Gasteiger partial charge in [-0.1, -0.05) is 80.1 Å². The Bertz CT molecular complexity index is 1540. The highest BCUT2D eigenvalue weighted by molar-refractivity contribution is 6.28. The van der Waals surface area contributed by atoms with Gasteiger partial charge >= 0.3 is 0 Å². The molecule has 1 amide bonds. The lowest BCUT2D eigenvalue weighted by Crippen LogP contribution is -2.44. The monoisotopic (exact) mass is 489 g/mol. The van der Waals surface area contributed by atoms with E-state index in [4.69, 9.17) is 5.73 Å². The highest BCUT2D eigenvalue weighted by Crippen LogP contribution is 2.52. The first kappa shape index (κ1) is 23.4. The van der Waals surface area contributed by atoms with Crippen LogP contribution in [0.2, 0.25) is 0 Å². The predicted molar refractivity (Wildman–Crippen MR) is 150 cm³/mol. The van der Waals surface area contributed by atoms with Crippen LogP contribution in [-0.2, 0) is 6.42 Å². The normalized spacial score (nSPS) is 14.6. The zero-order valence-electron chi connectivity index (χ0n) is 21.1. The molecule has 1 heterocycles. The Labute approximate surface area is 217 Å². The van der Waals surface area contributed by atoms with Crippen LogP contribution < -0.4 is 16.0 Å². The number of anilines is 1. The van der Waals surface area contributed by atoms with Crippen molar-refractivity contribution in [3.05, 3.63) is 89.0 Å². The summed E-state index contributed by atoms with van der Waals surface area (Å²) in [5, 5.41) is 5.65. The lowest BCUT2D eigenvalue weighted by atomic mass is 9.82. The minimum Gasteiger partial charge on any atom is -0.368 e. The number of nitrogens with one attached hydrogen (secondary N) is 1. The molecule has 1 aliphatic carbocycles. The number of ketones is 1. The lowest BCUT2D eigenvalue weighted by Gasteiger charge is -2.35. The summed E-state index contributed by atoms with van der Waals surface area (Å²) in [6.07, 6.45) is 2.48. The number of rotatable bonds is 6. The van der Waals surface area contributed by atoms with Crippen molar-refractivity contribution >= 4 is 28.2 Å². The number of carbonyl (C=O) groups excluding carboxylic acids is 2. The molecule has 0 unspecified atom stereocenters. The van der Waals surface area contributed by atoms with Crippen molar-refractivity contribution in [2.75, 3.05) is 31.1 Å². The van der Waals surface area contributed by atoms with E-state index in [2.05, 4.69) is 47.5 Å². The van der Waals surface area contributed by atoms with E-state index in [1.54, 1.807) is 0 Å². The van der Waals surface area contributed by atoms with Gasteiger partial charge in [0.15, 0.2) is 5.78 Å². The van der Waals surface area contributed by atoms with Crippen LogP contribution in [0.4, 0.5) is 5.69 Å². The molecule has 0 bridgehead atoms. The van der Waals surface area contributed by atoms with Gasteiger partial charge in [-0.25, -0.2) is 0 Å². The van der Waals surface area contributed by atoms with Crippen molar-refractivity contribution < 1.29 is 9.59 Å². The first-order chi connectivity index (χ1) is 18.1. The van der Waals surface area contributed by atoms with E-state index in [0.29, 0.717) is 23.1 Å². The van der Waals surface area contributed by atoms with Gasteiger partial charge in [-0.2, -0.15) is 0 Å². The number of carbonyl (C=O) groups is 2. The van der Waals surface area contributed by atoms with Gasteiger partial charge in [-0.05, 0) is 40.3 Å². The largest absolute Gasteiger partial charge is 0.368 e. The fourth-order valence-electron chi connectivity index (χ4n) is 6.12. The number of fused-ring (bicyclic) bond motifs is 4. The van der Waals surface area contributed by atoms with Gasteiger partial charge in [-0.3, -0.25) is 9.59 Å². The van der Waals surface area contributed by atoms with Crippen molar-refractivity contribution in [3.63, 3.8) is 0 Å². The molecule has 0 spiro atoms. The van der Waals surface area contributed by atoms with Gasteiger partial charge in [-0.15, -0.1) is 0 Å². The van der Waals surface area contributed by atoms with Gasteiger partial charge in [0.2, 0.25) is 0 Å². The zero-order valence-corrected chi connectivity index (χ0v) is 21.1. The molecule has 37 heavy (non-hydrogen) atoms. The quantitative estimate of drug-likeness (QED) is 0.327. The van der Waals surface area contributed by atoms with Crippen LogP contribution in [0.5, 0.6) is 0 Å². The average molecular weight is 490 g/mol. The van der Waals surface area contributed by atoms with E-state index in [0.717, 1.165) is 83.3 Å². The lowest BCUT2D eigenvalue weighted by molar-refractivity contribution is 0.0999. The molecule has 0 aromatic heterocycles. The number of amides is 1. The maximum absolute atomic E-state index is 14.0. The molecule has 186 valence electrons. The molecule has 1 fully saturated rings. The number of hydrogen-bond acceptors (Lipinski definition) is 4. The number of unbranched alkanes of at least 4 members (excludes halogenated alkanes) is 1. The van der Waals surface area contributed by atoms with E-state index >= 15 is 0 Å². The van der Waals surface area contributed by atoms with Crippen molar-refractivity contribution in [1.82, 2.24) is 5.32 Å². The maximum atomic E-state index is 14.0. The Morgan fingerprint density at radius 1 is 0.865 bits per heavy atom. The SMILES string of the molecule is CCCCc1c2c(c(-c3cccc4ccccc34)c(N3CCNCC3)c1C(N)=O)-c1ccccc1C2=O. The van der Waals surface area contributed by atoms with Gasteiger partial charge in [0.1, 0.15) is 0 Å². The number of benzene rings is 4. The van der Waals surface area contributed by atoms with Gasteiger partial charge in [0.05, 0.1) is 11.3 Å². The zero-order chi connectivity index (χ0) is 25.5. The van der Waals surface area contributed by atoms with E-state index in [1.165, 1.54) is 0 Å². The molecule has 0 radical (unpaired) electrons. The highest BCUT2D eigenvalue weighted by Gasteiger charge is 2.38. The van der Waals surface area contributed by atoms with Crippen LogP contribution in [0.1, 0.15) is 51.6 Å². The summed E-state index contributed by atoms with van der Waals surface area (Å²) in [7, 11) is 0. The summed E-state index contributed by atoms with van der Waals surface area (Å²) in [5.74, 6) is -0.472. The molecule has 0 atom stereocenters. The van der Waals surface area contributed by atoms with Gasteiger partial charge < -0.3 is 16.0 Å². The summed E-state index contributed by atoms with van der Waals surface area (Å²) in [6, 6.07) is 22.4. The standard InChI is InChI=1S/C32H31N3O2/c1-2-3-11-25-28-26(23-13-6-7-14-24(23)31(28)36)27(22-15-8-10-20-9-4-5-12-21(20)22)30(29(25)32(33)37)35-18-16-34-17-19-35/h4-10,12-15,34H,2-3,11,16-19H2,1H3,(H2,33,37). The van der Waals surface area contributed by atoms with E-state index in [-0.39, 0.29) is 5.78 Å². The fraction of sp³-hybridized carbons (Fsp3) is 0.250. The second kappa shape index (κ2) is 9.49. The third-order valence-electron chi connectivity index (χ3n) is 7.76. The molecule has 0 saturated carbocycles. The summed E-state index contributed by atoms with van der Waals surface area (Å²) in [5.41, 5.74) is 13.6. The third-order valence-corrected chi connectivity index (χ3v) is 7.76. The molecule has 3 N–H and O–H groups in total. The Morgan fingerprint density at radius 2 is 1.54 bits per heavy atom. The van der Waals surface area contributed by atoms with Gasteiger partial charge in [0.25, 0.3) is 5.91 Å². The third kappa shape index (κ3) is 3.73. The molecule has 4 aromatic carbocycles. The molecule has 2 aliphatic rings. The van der Waals surface area contributed by atoms with Crippen LogP contribution >= 0.6 is 0 Å². The van der Waals surface area contributed by atoms with Crippen molar-refractivity contribution in [1.29, 1.82) is 0 Å². The number of piperazine rings is 1. The number of nitrogens with zero attached hydrogens (tertiary/aromatic N) is 1. The Morgan fingerprint density at radius 3 is 2.30 bits per heavy atom. The Hall–Kier alpha value is -3.96. The average Bonchev–Trinajstić information content (AvgIpc) is 3.23. The summed E-state index contributed by atoms with van der Waals surface area (Å²) in [4.78, 5) is 29.6. The first-order valence-electron chi connectivity index (χ1n) is 13.2. The van der Waals surface area contributed by atoms with Crippen molar-refractivity contribution in [2.45, 2.75) is 26.2 Å². The number of primary amides is 1. The summed E-state index contributed by atoms with van der Waals surface area (Å²) in [6.45, 7) is 5.30. The minimum atomic E-state index is -0.465. The van der Waals surface area contributed by atoms with E-state index in [1.807, 2.05) is 36.4 Å².